The van der Waals surface area contributed by atoms with E-state index in [9.17, 15) is 4.79 Å². The van der Waals surface area contributed by atoms with Crippen LogP contribution in [0.15, 0.2) is 59.8 Å². The number of nitrogens with zero attached hydrogens (tertiary/aromatic N) is 4. The minimum Gasteiger partial charge on any atom is -0.489 e. The fourth-order valence-corrected chi connectivity index (χ4v) is 3.53. The van der Waals surface area contributed by atoms with Gasteiger partial charge in [0.25, 0.3) is 0 Å². The highest BCUT2D eigenvalue weighted by atomic mass is 32.2. The third kappa shape index (κ3) is 4.89. The molecule has 1 fully saturated rings. The summed E-state index contributed by atoms with van der Waals surface area (Å²) in [6.07, 6.45) is 2.21. The van der Waals surface area contributed by atoms with Gasteiger partial charge in [-0.25, -0.2) is 4.68 Å². The Bertz CT molecular complexity index is 927. The van der Waals surface area contributed by atoms with Crippen LogP contribution in [0.2, 0.25) is 0 Å². The van der Waals surface area contributed by atoms with Crippen LogP contribution in [0.4, 0.5) is 0 Å². The van der Waals surface area contributed by atoms with E-state index in [4.69, 9.17) is 4.74 Å². The number of nitrogens with one attached hydrogen (secondary N) is 1. The average Bonchev–Trinajstić information content (AvgIpc) is 3.48. The molecule has 144 valence electrons. The van der Waals surface area contributed by atoms with Crippen molar-refractivity contribution in [1.29, 1.82) is 0 Å². The van der Waals surface area contributed by atoms with Crippen molar-refractivity contribution in [2.24, 2.45) is 0 Å². The summed E-state index contributed by atoms with van der Waals surface area (Å²) in [7, 11) is 0. The maximum Gasteiger partial charge on any atom is 0.230 e. The second kappa shape index (κ2) is 8.88. The minimum atomic E-state index is -0.0471. The number of hydrogen-bond acceptors (Lipinski definition) is 6. The normalized spacial score (nSPS) is 13.3. The van der Waals surface area contributed by atoms with Gasteiger partial charge < -0.3 is 10.1 Å². The lowest BCUT2D eigenvalue weighted by molar-refractivity contribution is -0.118. The van der Waals surface area contributed by atoms with Gasteiger partial charge in [-0.05, 0) is 46.5 Å². The van der Waals surface area contributed by atoms with Gasteiger partial charge in [0.1, 0.15) is 12.4 Å². The Kier molecular flexibility index (Phi) is 5.86. The molecule has 28 heavy (non-hydrogen) atoms. The Balaban J connectivity index is 1.28. The zero-order valence-corrected chi connectivity index (χ0v) is 16.1. The Hall–Kier alpha value is -2.87. The standard InChI is InChI=1S/C20H21N5O2S/c26-19(14-28-20-22-23-24-25(20)17-10-11-17)21-12-15-6-4-5-7-16(15)13-27-18-8-2-1-3-9-18/h1-9,17H,10-14H2,(H,21,26). The molecule has 1 aromatic heterocycles. The topological polar surface area (TPSA) is 81.9 Å². The zero-order chi connectivity index (χ0) is 19.2. The fraction of sp³-hybridized carbons (Fsp3) is 0.300. The lowest BCUT2D eigenvalue weighted by atomic mass is 10.1. The summed E-state index contributed by atoms with van der Waals surface area (Å²) in [6, 6.07) is 18.1. The average molecular weight is 395 g/mol. The van der Waals surface area contributed by atoms with E-state index < -0.39 is 0 Å². The van der Waals surface area contributed by atoms with E-state index in [1.807, 2.05) is 59.3 Å². The van der Waals surface area contributed by atoms with Crippen LogP contribution in [0.5, 0.6) is 5.75 Å². The van der Waals surface area contributed by atoms with E-state index in [1.165, 1.54) is 11.8 Å². The highest BCUT2D eigenvalue weighted by Gasteiger charge is 2.28. The molecule has 1 heterocycles. The number of benzene rings is 2. The van der Waals surface area contributed by atoms with Crippen LogP contribution in [0.3, 0.4) is 0 Å². The van der Waals surface area contributed by atoms with Crippen LogP contribution < -0.4 is 10.1 Å². The smallest absolute Gasteiger partial charge is 0.230 e. The van der Waals surface area contributed by atoms with Crippen LogP contribution >= 0.6 is 11.8 Å². The van der Waals surface area contributed by atoms with Crippen molar-refractivity contribution in [1.82, 2.24) is 25.5 Å². The Morgan fingerprint density at radius 1 is 1.11 bits per heavy atom. The van der Waals surface area contributed by atoms with Gasteiger partial charge in [-0.15, -0.1) is 5.10 Å². The first-order chi connectivity index (χ1) is 13.8. The predicted octanol–water partition coefficient (Wildman–Crippen LogP) is 3.00. The molecule has 0 radical (unpaired) electrons. The number of carbonyl (C=O) groups is 1. The van der Waals surface area contributed by atoms with E-state index in [1.54, 1.807) is 0 Å². The molecule has 2 aromatic carbocycles. The number of hydrogen-bond donors (Lipinski definition) is 1. The number of thioether (sulfide) groups is 1. The quantitative estimate of drug-likeness (QED) is 0.561. The van der Waals surface area contributed by atoms with Gasteiger partial charge in [-0.3, -0.25) is 4.79 Å². The van der Waals surface area contributed by atoms with Crippen molar-refractivity contribution >= 4 is 17.7 Å². The molecule has 1 N–H and O–H groups in total. The van der Waals surface area contributed by atoms with Gasteiger partial charge in [-0.2, -0.15) is 0 Å². The van der Waals surface area contributed by atoms with Gasteiger partial charge in [0, 0.05) is 6.54 Å². The van der Waals surface area contributed by atoms with Crippen LogP contribution in [0.1, 0.15) is 30.0 Å². The maximum absolute atomic E-state index is 12.3. The number of amides is 1. The summed E-state index contributed by atoms with van der Waals surface area (Å²) in [6.45, 7) is 0.919. The molecule has 0 bridgehead atoms. The van der Waals surface area contributed by atoms with Crippen LogP contribution in [-0.4, -0.2) is 31.9 Å². The molecule has 0 unspecified atom stereocenters. The van der Waals surface area contributed by atoms with E-state index in [0.717, 1.165) is 29.7 Å². The molecule has 7 nitrogen and oxygen atoms in total. The van der Waals surface area contributed by atoms with Crippen molar-refractivity contribution in [3.63, 3.8) is 0 Å². The number of ether oxygens (including phenoxy) is 1. The summed E-state index contributed by atoms with van der Waals surface area (Å²) in [4.78, 5) is 12.3. The number of carbonyl (C=O) groups excluding carboxylic acids is 1. The number of rotatable bonds is 9. The zero-order valence-electron chi connectivity index (χ0n) is 15.3. The van der Waals surface area contributed by atoms with Crippen LogP contribution in [0.25, 0.3) is 0 Å². The SMILES string of the molecule is O=C(CSc1nnnn1C1CC1)NCc1ccccc1COc1ccccc1. The molecule has 8 heteroatoms. The molecule has 0 saturated heterocycles. The number of tetrazole rings is 1. The summed E-state index contributed by atoms with van der Waals surface area (Å²) in [5, 5.41) is 15.4. The third-order valence-corrected chi connectivity index (χ3v) is 5.35. The number of aromatic nitrogens is 4. The first kappa shape index (κ1) is 18.5. The van der Waals surface area contributed by atoms with Gasteiger partial charge in [0.2, 0.25) is 11.1 Å². The predicted molar refractivity (Wildman–Crippen MR) is 106 cm³/mol. The molecule has 4 rings (SSSR count). The molecule has 1 saturated carbocycles. The van der Waals surface area contributed by atoms with E-state index in [0.29, 0.717) is 24.3 Å². The minimum absolute atomic E-state index is 0.0471. The van der Waals surface area contributed by atoms with Crippen LogP contribution in [-0.2, 0) is 17.9 Å². The third-order valence-electron chi connectivity index (χ3n) is 4.42. The fourth-order valence-electron chi connectivity index (χ4n) is 2.75. The van der Waals surface area contributed by atoms with Gasteiger partial charge >= 0.3 is 0 Å². The summed E-state index contributed by atoms with van der Waals surface area (Å²) in [5.74, 6) is 1.07. The van der Waals surface area contributed by atoms with Crippen molar-refractivity contribution in [3.8, 4) is 5.75 Å². The van der Waals surface area contributed by atoms with Crippen molar-refractivity contribution in [2.45, 2.75) is 37.2 Å². The molecule has 0 spiro atoms. The lowest BCUT2D eigenvalue weighted by Gasteiger charge is -2.12. The summed E-state index contributed by atoms with van der Waals surface area (Å²) >= 11 is 1.37. The molecule has 1 aliphatic carbocycles. The van der Waals surface area contributed by atoms with E-state index in [2.05, 4.69) is 20.8 Å². The summed E-state index contributed by atoms with van der Waals surface area (Å²) < 4.78 is 7.65. The summed E-state index contributed by atoms with van der Waals surface area (Å²) in [5.41, 5.74) is 2.09. The maximum atomic E-state index is 12.3. The highest BCUT2D eigenvalue weighted by Crippen LogP contribution is 2.36. The lowest BCUT2D eigenvalue weighted by Crippen LogP contribution is -2.25. The second-order valence-electron chi connectivity index (χ2n) is 6.57. The molecule has 0 aliphatic heterocycles. The molecular weight excluding hydrogens is 374 g/mol. The molecule has 3 aromatic rings. The number of para-hydroxylation sites is 1. The Morgan fingerprint density at radius 3 is 2.64 bits per heavy atom. The first-order valence-corrected chi connectivity index (χ1v) is 10.2. The van der Waals surface area contributed by atoms with E-state index in [-0.39, 0.29) is 11.7 Å². The Labute approximate surface area is 167 Å². The van der Waals surface area contributed by atoms with Crippen molar-refractivity contribution < 1.29 is 9.53 Å². The van der Waals surface area contributed by atoms with Gasteiger partial charge in [-0.1, -0.05) is 54.2 Å². The van der Waals surface area contributed by atoms with Gasteiger partial charge in [0.15, 0.2) is 0 Å². The Morgan fingerprint density at radius 2 is 1.86 bits per heavy atom. The van der Waals surface area contributed by atoms with E-state index >= 15 is 0 Å². The highest BCUT2D eigenvalue weighted by molar-refractivity contribution is 7.99. The molecule has 1 aliphatic rings. The van der Waals surface area contributed by atoms with Gasteiger partial charge in [0.05, 0.1) is 11.8 Å². The largest absolute Gasteiger partial charge is 0.489 e. The second-order valence-corrected chi connectivity index (χ2v) is 7.52. The molecule has 0 atom stereocenters. The van der Waals surface area contributed by atoms with Crippen molar-refractivity contribution in [3.05, 3.63) is 65.7 Å². The van der Waals surface area contributed by atoms with Crippen LogP contribution in [0, 0.1) is 0 Å². The molecule has 1 amide bonds. The molecular formula is C20H21N5O2S. The van der Waals surface area contributed by atoms with Crippen molar-refractivity contribution in [2.75, 3.05) is 5.75 Å². The first-order valence-electron chi connectivity index (χ1n) is 9.21. The monoisotopic (exact) mass is 395 g/mol.